The van der Waals surface area contributed by atoms with E-state index in [1.54, 1.807) is 11.4 Å². The molecule has 1 aliphatic heterocycles. The van der Waals surface area contributed by atoms with Crippen LogP contribution in [0.2, 0.25) is 0 Å². The molecule has 0 saturated carbocycles. The number of rotatable bonds is 5. The minimum absolute atomic E-state index is 0.454. The molecule has 6 heteroatoms. The fraction of sp³-hybridized carbons (Fsp3) is 1.00. The normalized spacial score (nSPS) is 20.1. The van der Waals surface area contributed by atoms with Gasteiger partial charge in [0.05, 0.1) is 0 Å². The van der Waals surface area contributed by atoms with E-state index in [1.807, 2.05) is 0 Å². The Morgan fingerprint density at radius 3 is 2.20 bits per heavy atom. The first-order valence-corrected chi connectivity index (χ1v) is 7.00. The molecule has 15 heavy (non-hydrogen) atoms. The molecule has 0 spiro atoms. The number of nitrogens with one attached hydrogen (secondary N) is 2. The quantitative estimate of drug-likeness (QED) is 0.655. The summed E-state index contributed by atoms with van der Waals surface area (Å²) in [6.45, 7) is 2.44. The van der Waals surface area contributed by atoms with Gasteiger partial charge in [0.25, 0.3) is 10.2 Å². The van der Waals surface area contributed by atoms with Gasteiger partial charge in [-0.25, -0.2) is 4.72 Å². The molecule has 1 saturated heterocycles. The Balaban J connectivity index is 2.43. The largest absolute Gasteiger partial charge is 0.318 e. The predicted octanol–water partition coefficient (Wildman–Crippen LogP) is -0.0838. The molecular weight excluding hydrogens is 214 g/mol. The fourth-order valence-corrected chi connectivity index (χ4v) is 2.96. The average molecular weight is 235 g/mol. The second kappa shape index (κ2) is 6.42. The summed E-state index contributed by atoms with van der Waals surface area (Å²) in [5, 5.41) is 2.91. The molecule has 0 amide bonds. The lowest BCUT2D eigenvalue weighted by Crippen LogP contribution is -2.43. The number of hydrogen-bond acceptors (Lipinski definition) is 3. The van der Waals surface area contributed by atoms with Gasteiger partial charge >= 0.3 is 0 Å². The zero-order valence-electron chi connectivity index (χ0n) is 9.33. The second-order valence-corrected chi connectivity index (χ2v) is 5.57. The van der Waals surface area contributed by atoms with Crippen molar-refractivity contribution in [2.75, 3.05) is 33.2 Å². The molecule has 0 aromatic heterocycles. The van der Waals surface area contributed by atoms with Crippen LogP contribution in [-0.4, -0.2) is 45.9 Å². The Bertz CT molecular complexity index is 259. The van der Waals surface area contributed by atoms with Crippen LogP contribution in [0.1, 0.15) is 25.7 Å². The van der Waals surface area contributed by atoms with E-state index < -0.39 is 10.2 Å². The maximum absolute atomic E-state index is 11.8. The van der Waals surface area contributed by atoms with Gasteiger partial charge < -0.3 is 5.32 Å². The van der Waals surface area contributed by atoms with Gasteiger partial charge in [0.2, 0.25) is 0 Å². The summed E-state index contributed by atoms with van der Waals surface area (Å²) in [5.74, 6) is 0. The van der Waals surface area contributed by atoms with Gasteiger partial charge in [-0.15, -0.1) is 0 Å². The van der Waals surface area contributed by atoms with Crippen LogP contribution in [0.3, 0.4) is 0 Å². The van der Waals surface area contributed by atoms with Crippen molar-refractivity contribution in [1.29, 1.82) is 0 Å². The van der Waals surface area contributed by atoms with Crippen molar-refractivity contribution in [3.8, 4) is 0 Å². The average Bonchev–Trinajstić information content (AvgIpc) is 2.46. The minimum Gasteiger partial charge on any atom is -0.318 e. The first kappa shape index (κ1) is 12.9. The standard InChI is InChI=1S/C9H21N3O2S/c1-10-6-7-11-15(13,14)12-8-4-2-3-5-9-12/h10-11H,2-9H2,1H3. The summed E-state index contributed by atoms with van der Waals surface area (Å²) >= 11 is 0. The Hall–Kier alpha value is -0.170. The summed E-state index contributed by atoms with van der Waals surface area (Å²) in [6, 6.07) is 0. The molecule has 0 radical (unpaired) electrons. The summed E-state index contributed by atoms with van der Waals surface area (Å²) in [7, 11) is -1.43. The van der Waals surface area contributed by atoms with Crippen LogP contribution in [0.5, 0.6) is 0 Å². The first-order valence-electron chi connectivity index (χ1n) is 5.56. The Kier molecular flexibility index (Phi) is 5.52. The van der Waals surface area contributed by atoms with Crippen LogP contribution in [0.4, 0.5) is 0 Å². The van der Waals surface area contributed by atoms with Gasteiger partial charge in [0.1, 0.15) is 0 Å². The van der Waals surface area contributed by atoms with Crippen LogP contribution < -0.4 is 10.0 Å². The van der Waals surface area contributed by atoms with Gasteiger partial charge in [-0.1, -0.05) is 12.8 Å². The summed E-state index contributed by atoms with van der Waals surface area (Å²) < 4.78 is 27.8. The third kappa shape index (κ3) is 4.46. The summed E-state index contributed by atoms with van der Waals surface area (Å²) in [4.78, 5) is 0. The number of hydrogen-bond donors (Lipinski definition) is 2. The lowest BCUT2D eigenvalue weighted by atomic mass is 10.2. The Morgan fingerprint density at radius 1 is 1.07 bits per heavy atom. The van der Waals surface area contributed by atoms with Gasteiger partial charge in [-0.3, -0.25) is 0 Å². The van der Waals surface area contributed by atoms with E-state index in [-0.39, 0.29) is 0 Å². The summed E-state index contributed by atoms with van der Waals surface area (Å²) in [6.07, 6.45) is 4.24. The van der Waals surface area contributed by atoms with Crippen molar-refractivity contribution in [3.63, 3.8) is 0 Å². The molecule has 0 unspecified atom stereocenters. The van der Waals surface area contributed by atoms with Gasteiger partial charge in [-0.05, 0) is 19.9 Å². The van der Waals surface area contributed by atoms with Crippen molar-refractivity contribution >= 4 is 10.2 Å². The highest BCUT2D eigenvalue weighted by molar-refractivity contribution is 7.87. The van der Waals surface area contributed by atoms with Crippen LogP contribution in [0.15, 0.2) is 0 Å². The van der Waals surface area contributed by atoms with Crippen molar-refractivity contribution in [2.24, 2.45) is 0 Å². The van der Waals surface area contributed by atoms with Gasteiger partial charge in [0, 0.05) is 26.2 Å². The molecular formula is C9H21N3O2S. The Morgan fingerprint density at radius 2 is 1.67 bits per heavy atom. The fourth-order valence-electron chi connectivity index (χ4n) is 1.68. The highest BCUT2D eigenvalue weighted by atomic mass is 32.2. The van der Waals surface area contributed by atoms with Crippen LogP contribution in [-0.2, 0) is 10.2 Å². The van der Waals surface area contributed by atoms with Gasteiger partial charge in [-0.2, -0.15) is 12.7 Å². The van der Waals surface area contributed by atoms with Crippen molar-refractivity contribution < 1.29 is 8.42 Å². The van der Waals surface area contributed by atoms with E-state index in [9.17, 15) is 8.42 Å². The van der Waals surface area contributed by atoms with Gasteiger partial charge in [0.15, 0.2) is 0 Å². The third-order valence-electron chi connectivity index (χ3n) is 2.56. The van der Waals surface area contributed by atoms with E-state index in [2.05, 4.69) is 10.0 Å². The first-order chi connectivity index (χ1) is 7.17. The molecule has 2 N–H and O–H groups in total. The molecule has 5 nitrogen and oxygen atoms in total. The lowest BCUT2D eigenvalue weighted by molar-refractivity contribution is 0.415. The van der Waals surface area contributed by atoms with Crippen molar-refractivity contribution in [2.45, 2.75) is 25.7 Å². The zero-order chi connectivity index (χ0) is 11.1. The van der Waals surface area contributed by atoms with E-state index in [1.165, 1.54) is 0 Å². The molecule has 0 bridgehead atoms. The Labute approximate surface area is 92.4 Å². The SMILES string of the molecule is CNCCNS(=O)(=O)N1CCCCCC1. The van der Waals surface area contributed by atoms with E-state index >= 15 is 0 Å². The maximum atomic E-state index is 11.8. The van der Waals surface area contributed by atoms with Crippen LogP contribution in [0, 0.1) is 0 Å². The third-order valence-corrected chi connectivity index (χ3v) is 4.18. The molecule has 0 aromatic carbocycles. The number of likely N-dealkylation sites (N-methyl/N-ethyl adjacent to an activating group) is 1. The van der Waals surface area contributed by atoms with Crippen molar-refractivity contribution in [1.82, 2.24) is 14.3 Å². The van der Waals surface area contributed by atoms with Crippen LogP contribution >= 0.6 is 0 Å². The minimum atomic E-state index is -3.24. The summed E-state index contributed by atoms with van der Waals surface area (Å²) in [5.41, 5.74) is 0. The molecule has 0 atom stereocenters. The molecule has 1 aliphatic rings. The molecule has 1 heterocycles. The highest BCUT2D eigenvalue weighted by Crippen LogP contribution is 2.11. The smallest absolute Gasteiger partial charge is 0.279 e. The van der Waals surface area contributed by atoms with Crippen molar-refractivity contribution in [3.05, 3.63) is 0 Å². The molecule has 1 rings (SSSR count). The monoisotopic (exact) mass is 235 g/mol. The van der Waals surface area contributed by atoms with Crippen LogP contribution in [0.25, 0.3) is 0 Å². The molecule has 0 aliphatic carbocycles. The molecule has 1 fully saturated rings. The predicted molar refractivity (Wildman–Crippen MR) is 60.9 cm³/mol. The maximum Gasteiger partial charge on any atom is 0.279 e. The van der Waals surface area contributed by atoms with E-state index in [0.29, 0.717) is 26.2 Å². The molecule has 90 valence electrons. The lowest BCUT2D eigenvalue weighted by Gasteiger charge is -2.20. The number of nitrogens with zero attached hydrogens (tertiary/aromatic N) is 1. The highest BCUT2D eigenvalue weighted by Gasteiger charge is 2.21. The second-order valence-electron chi connectivity index (χ2n) is 3.82. The zero-order valence-corrected chi connectivity index (χ0v) is 10.1. The topological polar surface area (TPSA) is 61.4 Å². The van der Waals surface area contributed by atoms with E-state index in [0.717, 1.165) is 25.7 Å². The molecule has 0 aromatic rings. The van der Waals surface area contributed by atoms with E-state index in [4.69, 9.17) is 0 Å².